The van der Waals surface area contributed by atoms with Crippen LogP contribution < -0.4 is 4.74 Å². The van der Waals surface area contributed by atoms with Crippen LogP contribution in [0.2, 0.25) is 5.02 Å². The van der Waals surface area contributed by atoms with E-state index in [1.54, 1.807) is 13.3 Å². The van der Waals surface area contributed by atoms with Crippen LogP contribution in [0.25, 0.3) is 22.2 Å². The quantitative estimate of drug-likeness (QED) is 0.575. The molecule has 7 nitrogen and oxygen atoms in total. The van der Waals surface area contributed by atoms with Crippen molar-refractivity contribution in [1.29, 1.82) is 0 Å². The van der Waals surface area contributed by atoms with Gasteiger partial charge in [0, 0.05) is 47.4 Å². The minimum atomic E-state index is -2.81. The fraction of sp³-hybridized carbons (Fsp3) is 0.520. The van der Waals surface area contributed by atoms with Gasteiger partial charge in [-0.3, -0.25) is 10.00 Å². The highest BCUT2D eigenvalue weighted by atomic mass is 35.5. The Morgan fingerprint density at radius 3 is 2.56 bits per heavy atom. The number of H-pyrrole nitrogens is 1. The molecule has 4 heterocycles. The van der Waals surface area contributed by atoms with E-state index in [2.05, 4.69) is 26.1 Å². The van der Waals surface area contributed by atoms with Crippen molar-refractivity contribution in [3.63, 3.8) is 0 Å². The van der Waals surface area contributed by atoms with Crippen LogP contribution >= 0.6 is 11.6 Å². The number of fused-ring (bicyclic) bond motifs is 2. The molecule has 1 N–H and O–H groups in total. The summed E-state index contributed by atoms with van der Waals surface area (Å²) >= 11 is 6.77. The first-order valence-corrected chi connectivity index (χ1v) is 14.2. The van der Waals surface area contributed by atoms with Gasteiger partial charge in [0.15, 0.2) is 0 Å². The maximum atomic E-state index is 11.8. The van der Waals surface area contributed by atoms with Gasteiger partial charge in [0.25, 0.3) is 0 Å². The molecule has 9 heteroatoms. The summed E-state index contributed by atoms with van der Waals surface area (Å²) in [6, 6.07) is 8.49. The third kappa shape index (κ3) is 3.99. The maximum Gasteiger partial charge on any atom is 0.213 e. The summed E-state index contributed by atoms with van der Waals surface area (Å²) in [6.45, 7) is 2.17. The van der Waals surface area contributed by atoms with Crippen LogP contribution in [0.4, 0.5) is 0 Å². The highest BCUT2D eigenvalue weighted by Crippen LogP contribution is 2.49. The van der Waals surface area contributed by atoms with Crippen molar-refractivity contribution in [2.24, 2.45) is 11.8 Å². The SMILES string of the molecule is COc1cc(-c2n[nH]c3cc(Cl)c(C4C[C@@H]5CN(C6CCS(=O)(=O)CC6)C[C@@H]5C4)cc23)ccn1. The minimum Gasteiger partial charge on any atom is -0.481 e. The zero-order valence-electron chi connectivity index (χ0n) is 19.2. The number of aromatic nitrogens is 3. The number of halogens is 1. The summed E-state index contributed by atoms with van der Waals surface area (Å²) in [5.41, 5.74) is 3.98. The van der Waals surface area contributed by atoms with E-state index in [4.69, 9.17) is 16.3 Å². The van der Waals surface area contributed by atoms with Crippen LogP contribution in [0.15, 0.2) is 30.5 Å². The van der Waals surface area contributed by atoms with E-state index in [1.165, 1.54) is 5.56 Å². The molecule has 2 aromatic heterocycles. The van der Waals surface area contributed by atoms with Crippen LogP contribution in [0.5, 0.6) is 5.88 Å². The molecule has 0 amide bonds. The topological polar surface area (TPSA) is 88.2 Å². The number of hydrogen-bond acceptors (Lipinski definition) is 6. The number of likely N-dealkylation sites (tertiary alicyclic amines) is 1. The number of methoxy groups -OCH3 is 1. The summed E-state index contributed by atoms with van der Waals surface area (Å²) in [7, 11) is -1.20. The second-order valence-corrected chi connectivity index (χ2v) is 12.8. The van der Waals surface area contributed by atoms with Crippen LogP contribution in [0.3, 0.4) is 0 Å². The summed E-state index contributed by atoms with van der Waals surface area (Å²) in [6.07, 6.45) is 5.58. The molecule has 2 saturated heterocycles. The van der Waals surface area contributed by atoms with Gasteiger partial charge in [0.1, 0.15) is 15.5 Å². The molecule has 1 aromatic carbocycles. The molecular weight excluding hydrogens is 472 g/mol. The number of sulfone groups is 1. The van der Waals surface area contributed by atoms with E-state index < -0.39 is 9.84 Å². The van der Waals surface area contributed by atoms with Crippen molar-refractivity contribution in [2.45, 2.75) is 37.6 Å². The highest BCUT2D eigenvalue weighted by molar-refractivity contribution is 7.91. The molecule has 3 fully saturated rings. The number of aromatic amines is 1. The van der Waals surface area contributed by atoms with Crippen LogP contribution in [0, 0.1) is 11.8 Å². The number of pyridine rings is 1. The molecule has 0 spiro atoms. The first-order valence-electron chi connectivity index (χ1n) is 12.0. The van der Waals surface area contributed by atoms with Gasteiger partial charge >= 0.3 is 0 Å². The second-order valence-electron chi connectivity index (χ2n) is 10.1. The van der Waals surface area contributed by atoms with E-state index in [-0.39, 0.29) is 0 Å². The average Bonchev–Trinajstić information content (AvgIpc) is 3.51. The van der Waals surface area contributed by atoms with Crippen LogP contribution in [-0.2, 0) is 9.84 Å². The van der Waals surface area contributed by atoms with Gasteiger partial charge in [-0.2, -0.15) is 5.10 Å². The molecule has 6 rings (SSSR count). The van der Waals surface area contributed by atoms with Crippen molar-refractivity contribution in [3.05, 3.63) is 41.0 Å². The summed E-state index contributed by atoms with van der Waals surface area (Å²) in [5, 5.41) is 9.55. The normalized spacial score (nSPS) is 27.3. The third-order valence-electron chi connectivity index (χ3n) is 8.16. The van der Waals surface area contributed by atoms with E-state index >= 15 is 0 Å². The van der Waals surface area contributed by atoms with E-state index in [1.807, 2.05) is 18.2 Å². The highest BCUT2D eigenvalue weighted by Gasteiger charge is 2.44. The van der Waals surface area contributed by atoms with Crippen molar-refractivity contribution < 1.29 is 13.2 Å². The van der Waals surface area contributed by atoms with E-state index in [0.717, 1.165) is 66.0 Å². The van der Waals surface area contributed by atoms with Gasteiger partial charge in [0.2, 0.25) is 5.88 Å². The Hall–Kier alpha value is -2.16. The number of nitrogens with zero attached hydrogens (tertiary/aromatic N) is 3. The summed E-state index contributed by atoms with van der Waals surface area (Å²) in [5.74, 6) is 3.00. The fourth-order valence-electron chi connectivity index (χ4n) is 6.39. The lowest BCUT2D eigenvalue weighted by molar-refractivity contribution is 0.208. The Balaban J connectivity index is 1.21. The van der Waals surface area contributed by atoms with Gasteiger partial charge in [-0.1, -0.05) is 11.6 Å². The molecule has 3 aromatic rings. The maximum absolute atomic E-state index is 11.8. The lowest BCUT2D eigenvalue weighted by atomic mass is 9.93. The summed E-state index contributed by atoms with van der Waals surface area (Å²) < 4.78 is 28.9. The van der Waals surface area contributed by atoms with Crippen molar-refractivity contribution in [2.75, 3.05) is 31.7 Å². The molecule has 180 valence electrons. The summed E-state index contributed by atoms with van der Waals surface area (Å²) in [4.78, 5) is 6.77. The lowest BCUT2D eigenvalue weighted by Crippen LogP contribution is -2.40. The molecule has 1 aliphatic carbocycles. The van der Waals surface area contributed by atoms with Crippen molar-refractivity contribution in [3.8, 4) is 17.1 Å². The van der Waals surface area contributed by atoms with E-state index in [0.29, 0.717) is 41.2 Å². The third-order valence-corrected chi connectivity index (χ3v) is 10.2. The Bertz CT molecular complexity index is 1310. The molecule has 0 bridgehead atoms. The smallest absolute Gasteiger partial charge is 0.213 e. The molecule has 1 unspecified atom stereocenters. The second kappa shape index (κ2) is 8.50. The monoisotopic (exact) mass is 500 g/mol. The Labute approximate surface area is 204 Å². The van der Waals surface area contributed by atoms with Gasteiger partial charge in [0.05, 0.1) is 24.1 Å². The Morgan fingerprint density at radius 1 is 1.12 bits per heavy atom. The molecule has 3 atom stereocenters. The zero-order chi connectivity index (χ0) is 23.4. The van der Waals surface area contributed by atoms with Gasteiger partial charge in [-0.05, 0) is 67.2 Å². The number of hydrogen-bond donors (Lipinski definition) is 1. The Kier molecular flexibility index (Phi) is 5.58. The number of ether oxygens (including phenoxy) is 1. The Morgan fingerprint density at radius 2 is 1.85 bits per heavy atom. The largest absolute Gasteiger partial charge is 0.481 e. The molecule has 34 heavy (non-hydrogen) atoms. The van der Waals surface area contributed by atoms with Crippen molar-refractivity contribution >= 4 is 32.3 Å². The molecule has 1 saturated carbocycles. The fourth-order valence-corrected chi connectivity index (χ4v) is 8.17. The minimum absolute atomic E-state index is 0.345. The van der Waals surface area contributed by atoms with Gasteiger partial charge < -0.3 is 4.74 Å². The van der Waals surface area contributed by atoms with Crippen molar-refractivity contribution in [1.82, 2.24) is 20.1 Å². The molecule has 0 radical (unpaired) electrons. The van der Waals surface area contributed by atoms with Crippen LogP contribution in [-0.4, -0.2) is 66.2 Å². The predicted octanol–water partition coefficient (Wildman–Crippen LogP) is 4.29. The zero-order valence-corrected chi connectivity index (χ0v) is 20.8. The first-order chi connectivity index (χ1) is 16.4. The molecule has 3 aliphatic rings. The molecular formula is C25H29ClN4O3S. The van der Waals surface area contributed by atoms with E-state index in [9.17, 15) is 8.42 Å². The standard InChI is InChI=1S/C25H29ClN4O3S/c1-33-24-10-15(2-5-27-24)25-21-11-20(22(26)12-23(21)28-29-25)16-8-17-13-30(14-18(17)9-16)19-3-6-34(31,32)7-4-19/h2,5,10-12,16-19H,3-4,6-9,13-14H2,1H3,(H,28,29)/t16?,17-,18+. The number of rotatable bonds is 4. The number of nitrogens with one attached hydrogen (secondary N) is 1. The number of benzene rings is 1. The van der Waals surface area contributed by atoms with Gasteiger partial charge in [-0.25, -0.2) is 13.4 Å². The average molecular weight is 501 g/mol. The molecule has 2 aliphatic heterocycles. The first kappa shape index (κ1) is 22.3. The van der Waals surface area contributed by atoms with Crippen LogP contribution in [0.1, 0.15) is 37.2 Å². The predicted molar refractivity (Wildman–Crippen MR) is 133 cm³/mol. The van der Waals surface area contributed by atoms with Gasteiger partial charge in [-0.15, -0.1) is 0 Å². The lowest BCUT2D eigenvalue weighted by Gasteiger charge is -2.31.